The highest BCUT2D eigenvalue weighted by atomic mass is 32.2. The molecule has 1 unspecified atom stereocenters. The summed E-state index contributed by atoms with van der Waals surface area (Å²) in [4.78, 5) is 3.87. The third kappa shape index (κ3) is 3.01. The van der Waals surface area contributed by atoms with Gasteiger partial charge in [-0.2, -0.15) is 5.26 Å². The third-order valence-corrected chi connectivity index (χ3v) is 5.02. The van der Waals surface area contributed by atoms with Gasteiger partial charge in [0.15, 0.2) is 0 Å². The lowest BCUT2D eigenvalue weighted by Crippen LogP contribution is -2.26. The predicted molar refractivity (Wildman–Crippen MR) is 72.0 cm³/mol. The lowest BCUT2D eigenvalue weighted by molar-refractivity contribution is 0.565. The molecular weight excluding hydrogens is 301 g/mol. The summed E-state index contributed by atoms with van der Waals surface area (Å²) in [5.41, 5.74) is -0.310. The van der Waals surface area contributed by atoms with Gasteiger partial charge in [0.1, 0.15) is 16.9 Å². The van der Waals surface area contributed by atoms with Gasteiger partial charge >= 0.3 is 0 Å². The van der Waals surface area contributed by atoms with E-state index in [1.54, 1.807) is 24.6 Å². The largest absolute Gasteiger partial charge is 0.248 e. The van der Waals surface area contributed by atoms with Gasteiger partial charge in [0, 0.05) is 11.6 Å². The van der Waals surface area contributed by atoms with Crippen molar-refractivity contribution in [1.29, 1.82) is 5.26 Å². The molecule has 0 fully saturated rings. The zero-order valence-corrected chi connectivity index (χ0v) is 12.0. The molecule has 0 amide bonds. The first-order valence-electron chi connectivity index (χ1n) is 5.55. The maximum absolute atomic E-state index is 13.2. The van der Waals surface area contributed by atoms with E-state index in [-0.39, 0.29) is 10.5 Å². The number of nitrogens with one attached hydrogen (secondary N) is 1. The van der Waals surface area contributed by atoms with Crippen molar-refractivity contribution in [3.63, 3.8) is 0 Å². The van der Waals surface area contributed by atoms with Crippen LogP contribution in [-0.4, -0.2) is 13.4 Å². The summed E-state index contributed by atoms with van der Waals surface area (Å²) in [7, 11) is -3.84. The molecule has 104 valence electrons. The highest BCUT2D eigenvalue weighted by Gasteiger charge is 2.20. The first-order valence-corrected chi connectivity index (χ1v) is 7.91. The number of nitrogens with zero attached hydrogens (tertiary/aromatic N) is 2. The van der Waals surface area contributed by atoms with Gasteiger partial charge in [-0.05, 0) is 25.1 Å². The van der Waals surface area contributed by atoms with Crippen molar-refractivity contribution in [2.75, 3.05) is 0 Å². The average molecular weight is 311 g/mol. The molecule has 20 heavy (non-hydrogen) atoms. The predicted octanol–water partition coefficient (Wildman–Crippen LogP) is 2.19. The number of hydrogen-bond acceptors (Lipinski definition) is 5. The van der Waals surface area contributed by atoms with E-state index in [4.69, 9.17) is 5.26 Å². The Labute approximate surface area is 119 Å². The molecule has 5 nitrogen and oxygen atoms in total. The van der Waals surface area contributed by atoms with Crippen molar-refractivity contribution in [3.05, 3.63) is 46.2 Å². The summed E-state index contributed by atoms with van der Waals surface area (Å²) in [5, 5.41) is 11.1. The van der Waals surface area contributed by atoms with Crippen LogP contribution >= 0.6 is 11.3 Å². The third-order valence-electron chi connectivity index (χ3n) is 2.52. The molecule has 2 aromatic rings. The Kier molecular flexibility index (Phi) is 4.13. The normalized spacial score (nSPS) is 12.8. The first kappa shape index (κ1) is 14.6. The number of rotatable bonds is 4. The Balaban J connectivity index is 2.29. The Bertz CT molecular complexity index is 752. The van der Waals surface area contributed by atoms with E-state index in [2.05, 4.69) is 9.71 Å². The minimum Gasteiger partial charge on any atom is -0.248 e. The molecule has 8 heteroatoms. The van der Waals surface area contributed by atoms with Crippen LogP contribution in [-0.2, 0) is 10.0 Å². The highest BCUT2D eigenvalue weighted by Crippen LogP contribution is 2.20. The smallest absolute Gasteiger partial charge is 0.241 e. The van der Waals surface area contributed by atoms with E-state index in [9.17, 15) is 12.8 Å². The van der Waals surface area contributed by atoms with Gasteiger partial charge < -0.3 is 0 Å². The van der Waals surface area contributed by atoms with Gasteiger partial charge in [-0.25, -0.2) is 22.5 Å². The molecule has 0 aliphatic rings. The fourth-order valence-electron chi connectivity index (χ4n) is 1.56. The van der Waals surface area contributed by atoms with Crippen molar-refractivity contribution in [1.82, 2.24) is 9.71 Å². The van der Waals surface area contributed by atoms with Crippen LogP contribution in [0.15, 0.2) is 34.7 Å². The van der Waals surface area contributed by atoms with Gasteiger partial charge in [0.05, 0.1) is 16.5 Å². The molecule has 1 aromatic carbocycles. The minimum atomic E-state index is -3.84. The van der Waals surface area contributed by atoms with Crippen LogP contribution in [0.25, 0.3) is 0 Å². The number of thiazole rings is 1. The van der Waals surface area contributed by atoms with Gasteiger partial charge in [-0.3, -0.25) is 0 Å². The molecule has 0 aliphatic heterocycles. The second kappa shape index (κ2) is 5.66. The van der Waals surface area contributed by atoms with Crippen LogP contribution in [0.4, 0.5) is 4.39 Å². The number of hydrogen-bond donors (Lipinski definition) is 1. The molecule has 0 aliphatic carbocycles. The monoisotopic (exact) mass is 311 g/mol. The lowest BCUT2D eigenvalue weighted by atomic mass is 10.2. The topological polar surface area (TPSA) is 82.9 Å². The maximum Gasteiger partial charge on any atom is 0.241 e. The van der Waals surface area contributed by atoms with Crippen molar-refractivity contribution in [2.24, 2.45) is 0 Å². The van der Waals surface area contributed by atoms with Crippen molar-refractivity contribution in [2.45, 2.75) is 17.9 Å². The van der Waals surface area contributed by atoms with Gasteiger partial charge in [-0.1, -0.05) is 0 Å². The molecule has 1 atom stereocenters. The van der Waals surface area contributed by atoms with E-state index >= 15 is 0 Å². The Morgan fingerprint density at radius 3 is 2.85 bits per heavy atom. The van der Waals surface area contributed by atoms with Crippen LogP contribution in [0.2, 0.25) is 0 Å². The molecule has 1 N–H and O–H groups in total. The van der Waals surface area contributed by atoms with Gasteiger partial charge in [-0.15, -0.1) is 11.3 Å². The SMILES string of the molecule is CC(NS(=O)(=O)c1ccc(F)c(C#N)c1)c1nccs1. The Hall–Kier alpha value is -1.82. The molecule has 0 saturated carbocycles. The molecule has 0 radical (unpaired) electrons. The van der Waals surface area contributed by atoms with Crippen LogP contribution in [0, 0.1) is 17.1 Å². The van der Waals surface area contributed by atoms with E-state index < -0.39 is 21.9 Å². The number of aromatic nitrogens is 1. The van der Waals surface area contributed by atoms with E-state index in [1.165, 1.54) is 11.3 Å². The summed E-state index contributed by atoms with van der Waals surface area (Å²) in [5.74, 6) is -0.751. The summed E-state index contributed by atoms with van der Waals surface area (Å²) in [6, 6.07) is 4.19. The summed E-state index contributed by atoms with van der Waals surface area (Å²) in [6.07, 6.45) is 1.58. The van der Waals surface area contributed by atoms with Crippen LogP contribution in [0.5, 0.6) is 0 Å². The Morgan fingerprint density at radius 2 is 2.25 bits per heavy atom. The van der Waals surface area contributed by atoms with E-state index in [1.807, 2.05) is 0 Å². The zero-order valence-electron chi connectivity index (χ0n) is 10.4. The van der Waals surface area contributed by atoms with E-state index in [0.717, 1.165) is 18.2 Å². The number of halogens is 1. The van der Waals surface area contributed by atoms with Gasteiger partial charge in [0.2, 0.25) is 10.0 Å². The van der Waals surface area contributed by atoms with Crippen molar-refractivity contribution >= 4 is 21.4 Å². The highest BCUT2D eigenvalue weighted by molar-refractivity contribution is 7.89. The molecule has 0 saturated heterocycles. The van der Waals surface area contributed by atoms with Crippen molar-refractivity contribution < 1.29 is 12.8 Å². The fourth-order valence-corrected chi connectivity index (χ4v) is 3.51. The van der Waals surface area contributed by atoms with Crippen molar-refractivity contribution in [3.8, 4) is 6.07 Å². The van der Waals surface area contributed by atoms with Crippen LogP contribution in [0.3, 0.4) is 0 Å². The minimum absolute atomic E-state index is 0.154. The quantitative estimate of drug-likeness (QED) is 0.938. The molecular formula is C12H10FN3O2S2. The molecule has 2 rings (SSSR count). The van der Waals surface area contributed by atoms with Crippen LogP contribution < -0.4 is 4.72 Å². The lowest BCUT2D eigenvalue weighted by Gasteiger charge is -2.12. The summed E-state index contributed by atoms with van der Waals surface area (Å²) >= 11 is 1.33. The number of nitriles is 1. The standard InChI is InChI=1S/C12H10FN3O2S2/c1-8(12-15-4-5-19-12)16-20(17,18)10-2-3-11(13)9(6-10)7-14/h2-6,8,16H,1H3. The zero-order chi connectivity index (χ0) is 14.8. The summed E-state index contributed by atoms with van der Waals surface area (Å²) < 4.78 is 39.9. The second-order valence-electron chi connectivity index (χ2n) is 3.97. The summed E-state index contributed by atoms with van der Waals surface area (Å²) in [6.45, 7) is 1.66. The number of sulfonamides is 1. The average Bonchev–Trinajstić information content (AvgIpc) is 2.92. The molecule has 0 bridgehead atoms. The molecule has 0 spiro atoms. The molecule has 1 heterocycles. The first-order chi connectivity index (χ1) is 9.44. The maximum atomic E-state index is 13.2. The van der Waals surface area contributed by atoms with E-state index in [0.29, 0.717) is 5.01 Å². The second-order valence-corrected chi connectivity index (χ2v) is 6.61. The van der Waals surface area contributed by atoms with Gasteiger partial charge in [0.25, 0.3) is 0 Å². The fraction of sp³-hybridized carbons (Fsp3) is 0.167. The van der Waals surface area contributed by atoms with Crippen LogP contribution in [0.1, 0.15) is 23.5 Å². The molecule has 1 aromatic heterocycles. The Morgan fingerprint density at radius 1 is 1.50 bits per heavy atom. The number of benzene rings is 1.